The van der Waals surface area contributed by atoms with E-state index in [1.54, 1.807) is 25.7 Å². The summed E-state index contributed by atoms with van der Waals surface area (Å²) < 4.78 is 0. The molecule has 2 atom stereocenters. The fraction of sp³-hybridized carbons (Fsp3) is 1.00. The average Bonchev–Trinajstić information content (AvgIpc) is 2.95. The largest absolute Gasteiger partial charge is 0.0654 e. The van der Waals surface area contributed by atoms with E-state index in [4.69, 9.17) is 0 Å². The molecule has 16 heavy (non-hydrogen) atoms. The first-order valence-electron chi connectivity index (χ1n) is 7.82. The van der Waals surface area contributed by atoms with E-state index in [9.17, 15) is 0 Å². The maximum atomic E-state index is 2.46. The van der Waals surface area contributed by atoms with E-state index in [1.165, 1.54) is 44.9 Å². The monoisotopic (exact) mass is 222 g/mol. The molecule has 0 aliphatic heterocycles. The minimum atomic E-state index is 0.787. The zero-order chi connectivity index (χ0) is 11.4. The fourth-order valence-electron chi connectivity index (χ4n) is 4.72. The molecule has 0 saturated heterocycles. The standard InChI is InChI=1S/C16H30/c1-3-5-9-14-10-8-11-15(14)16(4-2)12-6-7-13-16/h14-15H,3-13H2,1-2H3. The summed E-state index contributed by atoms with van der Waals surface area (Å²) in [6, 6.07) is 0. The van der Waals surface area contributed by atoms with Crippen molar-refractivity contribution in [2.75, 3.05) is 0 Å². The normalized spacial score (nSPS) is 33.4. The van der Waals surface area contributed by atoms with Gasteiger partial charge in [0, 0.05) is 0 Å². The molecular weight excluding hydrogens is 192 g/mol. The molecular formula is C16H30. The van der Waals surface area contributed by atoms with Crippen LogP contribution in [0.15, 0.2) is 0 Å². The average molecular weight is 222 g/mol. The smallest absolute Gasteiger partial charge is 0.0269 e. The molecule has 0 amide bonds. The van der Waals surface area contributed by atoms with Crippen LogP contribution < -0.4 is 0 Å². The van der Waals surface area contributed by atoms with Crippen LogP contribution in [0, 0.1) is 17.3 Å². The molecule has 0 aromatic heterocycles. The minimum absolute atomic E-state index is 0.787. The van der Waals surface area contributed by atoms with E-state index >= 15 is 0 Å². The van der Waals surface area contributed by atoms with E-state index in [0.29, 0.717) is 0 Å². The maximum absolute atomic E-state index is 2.46. The molecule has 2 saturated carbocycles. The summed E-state index contributed by atoms with van der Waals surface area (Å²) in [6.07, 6.45) is 16.6. The molecule has 0 aromatic carbocycles. The lowest BCUT2D eigenvalue weighted by Gasteiger charge is -2.38. The summed E-state index contributed by atoms with van der Waals surface area (Å²) in [4.78, 5) is 0. The molecule has 94 valence electrons. The van der Waals surface area contributed by atoms with Crippen LogP contribution in [0.3, 0.4) is 0 Å². The summed E-state index contributed by atoms with van der Waals surface area (Å²) in [6.45, 7) is 4.80. The van der Waals surface area contributed by atoms with Gasteiger partial charge < -0.3 is 0 Å². The Morgan fingerprint density at radius 2 is 1.75 bits per heavy atom. The molecule has 0 spiro atoms. The van der Waals surface area contributed by atoms with Gasteiger partial charge in [-0.2, -0.15) is 0 Å². The van der Waals surface area contributed by atoms with E-state index in [2.05, 4.69) is 13.8 Å². The van der Waals surface area contributed by atoms with Gasteiger partial charge in [-0.25, -0.2) is 0 Å². The van der Waals surface area contributed by atoms with Crippen LogP contribution in [-0.2, 0) is 0 Å². The van der Waals surface area contributed by atoms with Crippen molar-refractivity contribution >= 4 is 0 Å². The van der Waals surface area contributed by atoms with Crippen molar-refractivity contribution in [1.29, 1.82) is 0 Å². The van der Waals surface area contributed by atoms with Gasteiger partial charge in [0.2, 0.25) is 0 Å². The lowest BCUT2D eigenvalue weighted by Crippen LogP contribution is -2.29. The summed E-state index contributed by atoms with van der Waals surface area (Å²) in [5.74, 6) is 2.20. The molecule has 2 unspecified atom stereocenters. The third-order valence-electron chi connectivity index (χ3n) is 5.68. The maximum Gasteiger partial charge on any atom is -0.0269 e. The van der Waals surface area contributed by atoms with E-state index in [0.717, 1.165) is 17.3 Å². The molecule has 2 rings (SSSR count). The second kappa shape index (κ2) is 5.56. The van der Waals surface area contributed by atoms with Crippen LogP contribution >= 0.6 is 0 Å². The summed E-state index contributed by atoms with van der Waals surface area (Å²) in [5, 5.41) is 0. The Kier molecular flexibility index (Phi) is 4.33. The second-order valence-electron chi connectivity index (χ2n) is 6.36. The first-order chi connectivity index (χ1) is 7.82. The minimum Gasteiger partial charge on any atom is -0.0654 e. The van der Waals surface area contributed by atoms with Gasteiger partial charge in [0.25, 0.3) is 0 Å². The number of hydrogen-bond acceptors (Lipinski definition) is 0. The molecule has 0 heterocycles. The predicted molar refractivity (Wildman–Crippen MR) is 71.5 cm³/mol. The lowest BCUT2D eigenvalue weighted by molar-refractivity contribution is 0.113. The Labute approximate surface area is 102 Å². The van der Waals surface area contributed by atoms with Gasteiger partial charge in [-0.15, -0.1) is 0 Å². The molecule has 0 nitrogen and oxygen atoms in total. The zero-order valence-electron chi connectivity index (χ0n) is 11.4. The van der Waals surface area contributed by atoms with Crippen LogP contribution in [0.2, 0.25) is 0 Å². The number of rotatable bonds is 5. The molecule has 0 aromatic rings. The molecule has 2 aliphatic rings. The molecule has 0 bridgehead atoms. The van der Waals surface area contributed by atoms with Gasteiger partial charge >= 0.3 is 0 Å². The van der Waals surface area contributed by atoms with Crippen molar-refractivity contribution in [2.45, 2.75) is 84.5 Å². The fourth-order valence-corrected chi connectivity index (χ4v) is 4.72. The summed E-state index contributed by atoms with van der Waals surface area (Å²) in [5.41, 5.74) is 0.787. The van der Waals surface area contributed by atoms with Gasteiger partial charge in [0.05, 0.1) is 0 Å². The van der Waals surface area contributed by atoms with Gasteiger partial charge in [-0.3, -0.25) is 0 Å². The van der Waals surface area contributed by atoms with Crippen molar-refractivity contribution in [1.82, 2.24) is 0 Å². The van der Waals surface area contributed by atoms with Crippen LogP contribution in [0.4, 0.5) is 0 Å². The van der Waals surface area contributed by atoms with E-state index in [1.807, 2.05) is 0 Å². The highest BCUT2D eigenvalue weighted by Crippen LogP contribution is 2.55. The van der Waals surface area contributed by atoms with Gasteiger partial charge in [0.15, 0.2) is 0 Å². The third-order valence-corrected chi connectivity index (χ3v) is 5.68. The SMILES string of the molecule is CCCCC1CCCC1C1(CC)CCCC1. The van der Waals surface area contributed by atoms with Crippen LogP contribution in [0.5, 0.6) is 0 Å². The molecule has 2 fully saturated rings. The lowest BCUT2D eigenvalue weighted by atomic mass is 9.67. The highest BCUT2D eigenvalue weighted by molar-refractivity contribution is 4.95. The van der Waals surface area contributed by atoms with Crippen molar-refractivity contribution in [3.63, 3.8) is 0 Å². The van der Waals surface area contributed by atoms with Crippen LogP contribution in [-0.4, -0.2) is 0 Å². The summed E-state index contributed by atoms with van der Waals surface area (Å²) >= 11 is 0. The topological polar surface area (TPSA) is 0 Å². The Bertz CT molecular complexity index is 200. The third kappa shape index (κ3) is 2.31. The Balaban J connectivity index is 2.00. The van der Waals surface area contributed by atoms with Crippen molar-refractivity contribution in [2.24, 2.45) is 17.3 Å². The van der Waals surface area contributed by atoms with Gasteiger partial charge in [-0.1, -0.05) is 65.2 Å². The molecule has 0 radical (unpaired) electrons. The highest BCUT2D eigenvalue weighted by Gasteiger charge is 2.44. The summed E-state index contributed by atoms with van der Waals surface area (Å²) in [7, 11) is 0. The van der Waals surface area contributed by atoms with Gasteiger partial charge in [0.1, 0.15) is 0 Å². The molecule has 0 N–H and O–H groups in total. The Hall–Kier alpha value is 0. The number of hydrogen-bond donors (Lipinski definition) is 0. The van der Waals surface area contributed by atoms with Crippen molar-refractivity contribution in [3.05, 3.63) is 0 Å². The molecule has 2 aliphatic carbocycles. The predicted octanol–water partition coefficient (Wildman–Crippen LogP) is 5.56. The highest BCUT2D eigenvalue weighted by atomic mass is 14.5. The van der Waals surface area contributed by atoms with E-state index < -0.39 is 0 Å². The quantitative estimate of drug-likeness (QED) is 0.571. The first-order valence-corrected chi connectivity index (χ1v) is 7.82. The van der Waals surface area contributed by atoms with Crippen molar-refractivity contribution < 1.29 is 0 Å². The zero-order valence-corrected chi connectivity index (χ0v) is 11.4. The molecule has 0 heteroatoms. The second-order valence-corrected chi connectivity index (χ2v) is 6.36. The Morgan fingerprint density at radius 1 is 1.00 bits per heavy atom. The van der Waals surface area contributed by atoms with Crippen LogP contribution in [0.1, 0.15) is 84.5 Å². The van der Waals surface area contributed by atoms with Crippen molar-refractivity contribution in [3.8, 4) is 0 Å². The van der Waals surface area contributed by atoms with Crippen LogP contribution in [0.25, 0.3) is 0 Å². The first kappa shape index (κ1) is 12.5. The van der Waals surface area contributed by atoms with E-state index in [-0.39, 0.29) is 0 Å². The van der Waals surface area contributed by atoms with Gasteiger partial charge in [-0.05, 0) is 36.5 Å². The Morgan fingerprint density at radius 3 is 2.38 bits per heavy atom. The number of unbranched alkanes of at least 4 members (excludes halogenated alkanes) is 1.